The van der Waals surface area contributed by atoms with Crippen LogP contribution in [0.5, 0.6) is 0 Å². The van der Waals surface area contributed by atoms with E-state index < -0.39 is 11.7 Å². The topological polar surface area (TPSA) is 40.5 Å². The molecule has 6 aromatic carbocycles. The van der Waals surface area contributed by atoms with E-state index in [-0.39, 0.29) is 0 Å². The quantitative estimate of drug-likeness (QED) is 0.216. The Labute approximate surface area is 248 Å². The van der Waals surface area contributed by atoms with Crippen molar-refractivity contribution in [1.82, 2.24) is 0 Å². The van der Waals surface area contributed by atoms with E-state index in [0.717, 1.165) is 50.1 Å². The second kappa shape index (κ2) is 11.6. The van der Waals surface area contributed by atoms with Crippen LogP contribution in [0.2, 0.25) is 0 Å². The molecule has 0 atom stereocenters. The fourth-order valence-corrected chi connectivity index (χ4v) is 5.97. The number of fused-ring (bicyclic) bond motifs is 6. The van der Waals surface area contributed by atoms with Crippen LogP contribution in [0.4, 0.5) is 0 Å². The van der Waals surface area contributed by atoms with Gasteiger partial charge in [0.05, 0.1) is 0 Å². The van der Waals surface area contributed by atoms with Crippen molar-refractivity contribution in [3.63, 3.8) is 0 Å². The lowest BCUT2D eigenvalue weighted by Crippen LogP contribution is -2.25. The number of hydrogen-bond donors (Lipinski definition) is 2. The molecule has 0 aromatic heterocycles. The highest BCUT2D eigenvalue weighted by Crippen LogP contribution is 2.50. The van der Waals surface area contributed by atoms with Crippen molar-refractivity contribution < 1.29 is 10.2 Å². The minimum Gasteiger partial charge on any atom is -0.384 e. The zero-order chi connectivity index (χ0) is 29.1. The van der Waals surface area contributed by atoms with E-state index in [9.17, 15) is 10.2 Å². The predicted octanol–water partition coefficient (Wildman–Crippen LogP) is 9.00. The summed E-state index contributed by atoms with van der Waals surface area (Å²) in [7, 11) is 0. The number of benzene rings is 6. The van der Waals surface area contributed by atoms with Gasteiger partial charge < -0.3 is 10.2 Å². The Morgan fingerprint density at radius 3 is 1.24 bits per heavy atom. The Morgan fingerprint density at radius 1 is 0.429 bits per heavy atom. The maximum absolute atomic E-state index is 11.5. The van der Waals surface area contributed by atoms with Gasteiger partial charge in [0.1, 0.15) is 11.7 Å². The molecule has 0 fully saturated rings. The summed E-state index contributed by atoms with van der Waals surface area (Å²) in [5, 5.41) is 21.5. The van der Waals surface area contributed by atoms with Gasteiger partial charge in [-0.05, 0) is 52.8 Å². The van der Waals surface area contributed by atoms with Crippen molar-refractivity contribution in [1.29, 1.82) is 0 Å². The van der Waals surface area contributed by atoms with E-state index in [0.29, 0.717) is 0 Å². The van der Waals surface area contributed by atoms with Gasteiger partial charge in [0.25, 0.3) is 0 Å². The first-order valence-corrected chi connectivity index (χ1v) is 14.4. The maximum atomic E-state index is 11.5. The largest absolute Gasteiger partial charge is 0.384 e. The maximum Gasteiger partial charge on any atom is 0.141 e. The SMILES string of the molecule is Cc1ccc(C)cc1.OC1(c2ccccc2)c2ccccc2-c2ccccc21.OC1c2ccccc2-c2ccccc21. The highest BCUT2D eigenvalue weighted by Gasteiger charge is 2.42. The third-order valence-electron chi connectivity index (χ3n) is 8.13. The first-order chi connectivity index (χ1) is 20.5. The second-order valence-electron chi connectivity index (χ2n) is 10.9. The number of aliphatic hydroxyl groups excluding tert-OH is 1. The van der Waals surface area contributed by atoms with Crippen LogP contribution >= 0.6 is 0 Å². The number of hydrogen-bond acceptors (Lipinski definition) is 2. The van der Waals surface area contributed by atoms with Crippen molar-refractivity contribution in [3.05, 3.63) is 191 Å². The van der Waals surface area contributed by atoms with E-state index in [4.69, 9.17) is 0 Å². The molecule has 2 nitrogen and oxygen atoms in total. The molecule has 42 heavy (non-hydrogen) atoms. The zero-order valence-electron chi connectivity index (χ0n) is 23.9. The Hall–Kier alpha value is -4.76. The molecule has 8 rings (SSSR count). The van der Waals surface area contributed by atoms with Crippen molar-refractivity contribution in [2.24, 2.45) is 0 Å². The lowest BCUT2D eigenvalue weighted by Gasteiger charge is -2.26. The number of aliphatic hydroxyl groups is 2. The van der Waals surface area contributed by atoms with E-state index >= 15 is 0 Å². The third-order valence-corrected chi connectivity index (χ3v) is 8.13. The summed E-state index contributed by atoms with van der Waals surface area (Å²) in [5.41, 5.74) is 11.1. The lowest BCUT2D eigenvalue weighted by molar-refractivity contribution is 0.131. The molecule has 2 heteroatoms. The molecule has 0 saturated heterocycles. The van der Waals surface area contributed by atoms with Crippen LogP contribution < -0.4 is 0 Å². The molecule has 2 aliphatic carbocycles. The highest BCUT2D eigenvalue weighted by atomic mass is 16.3. The van der Waals surface area contributed by atoms with E-state index in [1.807, 2.05) is 103 Å². The minimum absolute atomic E-state index is 0.442. The molecular formula is C40H34O2. The Bertz CT molecular complexity index is 1710. The van der Waals surface area contributed by atoms with E-state index in [2.05, 4.69) is 62.4 Å². The lowest BCUT2D eigenvalue weighted by atomic mass is 9.84. The van der Waals surface area contributed by atoms with Crippen molar-refractivity contribution in [2.45, 2.75) is 25.6 Å². The zero-order valence-corrected chi connectivity index (χ0v) is 23.9. The van der Waals surface area contributed by atoms with Gasteiger partial charge in [-0.2, -0.15) is 0 Å². The molecule has 0 spiro atoms. The molecule has 206 valence electrons. The molecule has 0 radical (unpaired) electrons. The van der Waals surface area contributed by atoms with E-state index in [1.54, 1.807) is 0 Å². The monoisotopic (exact) mass is 546 g/mol. The first-order valence-electron chi connectivity index (χ1n) is 14.4. The predicted molar refractivity (Wildman–Crippen MR) is 172 cm³/mol. The molecule has 0 unspecified atom stereocenters. The smallest absolute Gasteiger partial charge is 0.141 e. The standard InChI is InChI=1S/C19H14O.C13H10O.C8H10/c20-19(14-8-2-1-3-9-14)17-12-6-4-10-15(17)16-11-5-7-13-18(16)19;14-13-11-7-3-1-5-9(11)10-6-2-4-8-12(10)13;1-7-3-5-8(2)6-4-7/h1-13,20H;1-8,13-14H;3-6H,1-2H3. The van der Waals surface area contributed by atoms with Crippen LogP contribution in [0.1, 0.15) is 45.0 Å². The molecule has 0 heterocycles. The van der Waals surface area contributed by atoms with Gasteiger partial charge in [-0.25, -0.2) is 0 Å². The average molecular weight is 547 g/mol. The van der Waals surface area contributed by atoms with Gasteiger partial charge >= 0.3 is 0 Å². The van der Waals surface area contributed by atoms with Gasteiger partial charge in [-0.3, -0.25) is 0 Å². The summed E-state index contributed by atoms with van der Waals surface area (Å²) in [5.74, 6) is 0. The van der Waals surface area contributed by atoms with E-state index in [1.165, 1.54) is 11.1 Å². The number of aryl methyl sites for hydroxylation is 2. The van der Waals surface area contributed by atoms with Crippen LogP contribution in [0, 0.1) is 13.8 Å². The molecule has 0 bridgehead atoms. The Morgan fingerprint density at radius 2 is 0.786 bits per heavy atom. The first kappa shape index (κ1) is 27.4. The van der Waals surface area contributed by atoms with Crippen LogP contribution in [-0.4, -0.2) is 10.2 Å². The normalized spacial score (nSPS) is 13.3. The van der Waals surface area contributed by atoms with Gasteiger partial charge in [0, 0.05) is 11.1 Å². The molecule has 0 saturated carbocycles. The van der Waals surface area contributed by atoms with Gasteiger partial charge in [0.15, 0.2) is 0 Å². The van der Waals surface area contributed by atoms with Crippen LogP contribution in [0.15, 0.2) is 152 Å². The molecule has 2 N–H and O–H groups in total. The fraction of sp³-hybridized carbons (Fsp3) is 0.100. The molecule has 0 amide bonds. The molecule has 6 aromatic rings. The van der Waals surface area contributed by atoms with Crippen molar-refractivity contribution >= 4 is 0 Å². The summed E-state index contributed by atoms with van der Waals surface area (Å²) in [6.45, 7) is 4.19. The van der Waals surface area contributed by atoms with Crippen molar-refractivity contribution in [3.8, 4) is 22.3 Å². The molecular weight excluding hydrogens is 512 g/mol. The summed E-state index contributed by atoms with van der Waals surface area (Å²) < 4.78 is 0. The summed E-state index contributed by atoms with van der Waals surface area (Å²) in [6, 6.07) is 50.6. The number of rotatable bonds is 1. The van der Waals surface area contributed by atoms with Gasteiger partial charge in [-0.1, -0.05) is 163 Å². The summed E-state index contributed by atoms with van der Waals surface area (Å²) >= 11 is 0. The van der Waals surface area contributed by atoms with Gasteiger partial charge in [-0.15, -0.1) is 0 Å². The fourth-order valence-electron chi connectivity index (χ4n) is 5.97. The summed E-state index contributed by atoms with van der Waals surface area (Å²) in [6.07, 6.45) is -0.442. The highest BCUT2D eigenvalue weighted by molar-refractivity contribution is 5.82. The molecule has 0 aliphatic heterocycles. The van der Waals surface area contributed by atoms with Crippen LogP contribution in [-0.2, 0) is 5.60 Å². The second-order valence-corrected chi connectivity index (χ2v) is 10.9. The van der Waals surface area contributed by atoms with Crippen LogP contribution in [0.25, 0.3) is 22.3 Å². The third kappa shape index (κ3) is 4.96. The van der Waals surface area contributed by atoms with Crippen molar-refractivity contribution in [2.75, 3.05) is 0 Å². The minimum atomic E-state index is -1.05. The van der Waals surface area contributed by atoms with Crippen LogP contribution in [0.3, 0.4) is 0 Å². The van der Waals surface area contributed by atoms with Gasteiger partial charge in [0.2, 0.25) is 0 Å². The molecule has 2 aliphatic rings. The Balaban J connectivity index is 0.000000124. The average Bonchev–Trinajstić information content (AvgIpc) is 3.49. The Kier molecular flexibility index (Phi) is 7.58. The summed E-state index contributed by atoms with van der Waals surface area (Å²) in [4.78, 5) is 0.